The monoisotopic (exact) mass is 819 g/mol. The summed E-state index contributed by atoms with van der Waals surface area (Å²) in [6.45, 7) is 48.1. The van der Waals surface area contributed by atoms with E-state index in [1.807, 2.05) is 0 Å². The quantitative estimate of drug-likeness (QED) is 0.240. The van der Waals surface area contributed by atoms with Gasteiger partial charge in [0.1, 0.15) is 5.76 Å². The Balaban J connectivity index is 1.52. The van der Waals surface area contributed by atoms with Crippen LogP contribution in [0.3, 0.4) is 0 Å². The summed E-state index contributed by atoms with van der Waals surface area (Å²) in [4.78, 5) is 5.43. The number of rotatable bonds is 2. The molecule has 326 valence electrons. The number of aryl methyl sites for hydroxylation is 1. The van der Waals surface area contributed by atoms with Crippen molar-refractivity contribution >= 4 is 40.6 Å². The van der Waals surface area contributed by atoms with E-state index in [1.165, 1.54) is 84.3 Å². The van der Waals surface area contributed by atoms with Crippen LogP contribution in [0.5, 0.6) is 0 Å². The third-order valence-electron chi connectivity index (χ3n) is 15.4. The molecule has 0 radical (unpaired) electrons. The summed E-state index contributed by atoms with van der Waals surface area (Å²) in [5.41, 5.74) is 19.0. The molecule has 0 spiro atoms. The molecule has 61 heavy (non-hydrogen) atoms. The molecule has 5 aliphatic rings. The molecule has 3 heterocycles. The second-order valence-electron chi connectivity index (χ2n) is 26.5. The van der Waals surface area contributed by atoms with Crippen molar-refractivity contribution in [3.63, 3.8) is 0 Å². The Kier molecular flexibility index (Phi) is 9.86. The van der Waals surface area contributed by atoms with E-state index < -0.39 is 0 Å². The molecule has 0 saturated carbocycles. The molecule has 2 aromatic carbocycles. The minimum atomic E-state index is -0.0702. The highest BCUT2D eigenvalue weighted by atomic mass is 16.3. The van der Waals surface area contributed by atoms with E-state index in [9.17, 15) is 0 Å². The molecule has 1 unspecified atom stereocenters. The molecular weight excluding hydrogens is 739 g/mol. The molecule has 8 rings (SSSR count). The van der Waals surface area contributed by atoms with E-state index in [4.69, 9.17) is 4.42 Å². The first kappa shape index (κ1) is 44.0. The minimum absolute atomic E-state index is 0.00874. The highest BCUT2D eigenvalue weighted by molar-refractivity contribution is 6.94. The maximum absolute atomic E-state index is 7.75. The van der Waals surface area contributed by atoms with Gasteiger partial charge in [0.2, 0.25) is 0 Å². The van der Waals surface area contributed by atoms with Gasteiger partial charge in [0.25, 0.3) is 6.71 Å². The molecule has 3 aromatic rings. The number of hydrogen-bond donors (Lipinski definition) is 0. The van der Waals surface area contributed by atoms with Crippen molar-refractivity contribution in [3.05, 3.63) is 105 Å². The van der Waals surface area contributed by atoms with Crippen LogP contribution in [-0.4, -0.2) is 6.71 Å². The highest BCUT2D eigenvalue weighted by Crippen LogP contribution is 2.57. The maximum atomic E-state index is 7.75. The predicted octanol–water partition coefficient (Wildman–Crippen LogP) is 15.1. The third kappa shape index (κ3) is 7.36. The lowest BCUT2D eigenvalue weighted by Crippen LogP contribution is -2.57. The summed E-state index contributed by atoms with van der Waals surface area (Å²) in [6.07, 6.45) is 14.4. The van der Waals surface area contributed by atoms with Crippen molar-refractivity contribution in [2.45, 2.75) is 186 Å². The number of fused-ring (bicyclic) bond motifs is 5. The second-order valence-corrected chi connectivity index (χ2v) is 26.5. The fourth-order valence-corrected chi connectivity index (χ4v) is 10.9. The van der Waals surface area contributed by atoms with Gasteiger partial charge in [-0.15, -0.1) is 0 Å². The van der Waals surface area contributed by atoms with Gasteiger partial charge in [-0.3, -0.25) is 0 Å². The summed E-state index contributed by atoms with van der Waals surface area (Å²) in [7, 11) is 0. The predicted molar refractivity (Wildman–Crippen MR) is 265 cm³/mol. The standard InChI is InChI=1S/C57H79BN2O/c1-34-25-44-47-45(26-34)60(41-31-38(54(11,12)13)28-39(32-41)55(14,15)16)48-46-49(57(19,20)24-23-56(46,17)18)61-50(48)58(47)42-33-35(51(2,3)4)21-22-43(42)59(44)40-29-36(52(5,6)7)27-37(30-40)53(8,9)10/h21-22,25-31,35,39H,23-24,32-33H2,1-20H3/t35?,39-/m1/s1. The molecule has 3 aliphatic carbocycles. The van der Waals surface area contributed by atoms with Crippen LogP contribution in [0.25, 0.3) is 0 Å². The van der Waals surface area contributed by atoms with Gasteiger partial charge in [-0.05, 0) is 141 Å². The minimum Gasteiger partial charge on any atom is -0.472 e. The van der Waals surface area contributed by atoms with E-state index in [2.05, 4.69) is 203 Å². The van der Waals surface area contributed by atoms with E-state index in [-0.39, 0.29) is 44.6 Å². The Bertz CT molecular complexity index is 2390. The van der Waals surface area contributed by atoms with Crippen molar-refractivity contribution in [1.82, 2.24) is 0 Å². The molecule has 4 heteroatoms. The molecule has 0 bridgehead atoms. The fourth-order valence-electron chi connectivity index (χ4n) is 10.9. The molecule has 0 fully saturated rings. The van der Waals surface area contributed by atoms with Gasteiger partial charge in [-0.25, -0.2) is 0 Å². The number of anilines is 4. The smallest absolute Gasteiger partial charge is 0.293 e. The first-order chi connectivity index (χ1) is 27.8. The van der Waals surface area contributed by atoms with E-state index in [1.54, 1.807) is 0 Å². The van der Waals surface area contributed by atoms with Gasteiger partial charge in [-0.1, -0.05) is 155 Å². The Hall–Kier alpha value is -3.66. The number of benzene rings is 2. The molecule has 2 atom stereocenters. The van der Waals surface area contributed by atoms with Gasteiger partial charge in [0, 0.05) is 39.4 Å². The van der Waals surface area contributed by atoms with E-state index in [0.29, 0.717) is 11.8 Å². The van der Waals surface area contributed by atoms with Gasteiger partial charge in [-0.2, -0.15) is 0 Å². The van der Waals surface area contributed by atoms with Crippen LogP contribution in [0.4, 0.5) is 22.7 Å². The molecule has 1 aromatic heterocycles. The third-order valence-corrected chi connectivity index (χ3v) is 15.4. The SMILES string of the molecule is Cc1cc2c3c(c1)N(C1=CC(C(C)(C)C)=C[C@@H](C(C)(C)C)C1)c1c(oc4c1C(C)(C)CCC4(C)C)B3C1=C(C=CC(C(C)(C)C)C1)N2c1cc(C(C)(C)C)cc(C(C)(C)C)c1. The number of furan rings is 1. The van der Waals surface area contributed by atoms with Crippen molar-refractivity contribution in [2.24, 2.45) is 28.1 Å². The lowest BCUT2D eigenvalue weighted by molar-refractivity contribution is 0.281. The highest BCUT2D eigenvalue weighted by Gasteiger charge is 2.54. The second kappa shape index (κ2) is 13.7. The lowest BCUT2D eigenvalue weighted by atomic mass is 9.33. The summed E-state index contributed by atoms with van der Waals surface area (Å²) >= 11 is 0. The first-order valence-electron chi connectivity index (χ1n) is 23.7. The van der Waals surface area contributed by atoms with Gasteiger partial charge in [0.15, 0.2) is 0 Å². The van der Waals surface area contributed by atoms with Crippen LogP contribution >= 0.6 is 0 Å². The lowest BCUT2D eigenvalue weighted by Gasteiger charge is -2.48. The Labute approximate surface area is 372 Å². The van der Waals surface area contributed by atoms with Crippen LogP contribution in [0, 0.1) is 35.0 Å². The van der Waals surface area contributed by atoms with Crippen LogP contribution in [0.15, 0.2) is 81.5 Å². The zero-order valence-electron chi connectivity index (χ0n) is 42.1. The zero-order valence-corrected chi connectivity index (χ0v) is 42.1. The molecule has 2 aliphatic heterocycles. The molecular formula is C57H79BN2O. The van der Waals surface area contributed by atoms with Crippen LogP contribution in [0.1, 0.15) is 185 Å². The van der Waals surface area contributed by atoms with Crippen LogP contribution in [0.2, 0.25) is 0 Å². The topological polar surface area (TPSA) is 19.6 Å². The summed E-state index contributed by atoms with van der Waals surface area (Å²) < 4.78 is 7.75. The van der Waals surface area contributed by atoms with Gasteiger partial charge in [0.05, 0.1) is 11.3 Å². The van der Waals surface area contributed by atoms with Crippen molar-refractivity contribution in [1.29, 1.82) is 0 Å². The summed E-state index contributed by atoms with van der Waals surface area (Å²) in [5.74, 6) is 2.01. The largest absolute Gasteiger partial charge is 0.472 e. The number of hydrogen-bond acceptors (Lipinski definition) is 3. The number of allylic oxidation sites excluding steroid dienone is 7. The van der Waals surface area contributed by atoms with Crippen LogP contribution in [-0.2, 0) is 21.7 Å². The summed E-state index contributed by atoms with van der Waals surface area (Å²) in [6, 6.07) is 12.5. The average Bonchev–Trinajstić information content (AvgIpc) is 3.54. The molecule has 3 nitrogen and oxygen atoms in total. The average molecular weight is 819 g/mol. The van der Waals surface area contributed by atoms with Crippen molar-refractivity contribution in [2.75, 3.05) is 9.80 Å². The van der Waals surface area contributed by atoms with Crippen LogP contribution < -0.4 is 20.9 Å². The Morgan fingerprint density at radius 3 is 1.75 bits per heavy atom. The zero-order chi connectivity index (χ0) is 44.9. The summed E-state index contributed by atoms with van der Waals surface area (Å²) in [5, 5.41) is 0. The van der Waals surface area contributed by atoms with Gasteiger partial charge < -0.3 is 14.2 Å². The number of nitrogens with zero attached hydrogens (tertiary/aromatic N) is 2. The van der Waals surface area contributed by atoms with Crippen molar-refractivity contribution in [3.8, 4) is 0 Å². The molecule has 0 N–H and O–H groups in total. The maximum Gasteiger partial charge on any atom is 0.293 e. The molecule has 0 saturated heterocycles. The van der Waals surface area contributed by atoms with E-state index in [0.717, 1.165) is 25.7 Å². The van der Waals surface area contributed by atoms with Crippen molar-refractivity contribution < 1.29 is 4.42 Å². The Morgan fingerprint density at radius 1 is 0.656 bits per heavy atom. The molecule has 0 amide bonds. The fraction of sp³-hybridized carbons (Fsp3) is 0.579. The van der Waals surface area contributed by atoms with Gasteiger partial charge >= 0.3 is 0 Å². The first-order valence-corrected chi connectivity index (χ1v) is 23.7. The van der Waals surface area contributed by atoms with E-state index >= 15 is 0 Å². The Morgan fingerprint density at radius 2 is 1.21 bits per heavy atom. The normalized spacial score (nSPS) is 22.4.